The smallest absolute Gasteiger partial charge is 0.334 e. The minimum Gasteiger partial charge on any atom is -0.462 e. The Hall–Kier alpha value is -1.32. The van der Waals surface area contributed by atoms with E-state index in [0.717, 1.165) is 12.8 Å². The Labute approximate surface area is 128 Å². The van der Waals surface area contributed by atoms with Crippen molar-refractivity contribution in [3.05, 3.63) is 11.1 Å². The summed E-state index contributed by atoms with van der Waals surface area (Å²) in [5.74, 6) is -0.268. The number of hydrogen-bond donors (Lipinski definition) is 0. The molecule has 122 valence electrons. The third kappa shape index (κ3) is 8.53. The van der Waals surface area contributed by atoms with Crippen LogP contribution in [-0.2, 0) is 19.1 Å². The maximum Gasteiger partial charge on any atom is 0.334 e. The highest BCUT2D eigenvalue weighted by atomic mass is 16.5. The first-order valence-corrected chi connectivity index (χ1v) is 7.83. The average molecular weight is 298 g/mol. The number of carbonyl (C=O) groups is 2. The molecule has 0 heterocycles. The van der Waals surface area contributed by atoms with Crippen molar-refractivity contribution in [3.63, 3.8) is 0 Å². The lowest BCUT2D eigenvalue weighted by Crippen LogP contribution is -2.18. The Bertz CT molecular complexity index is 367. The molecule has 0 saturated heterocycles. The van der Waals surface area contributed by atoms with Gasteiger partial charge < -0.3 is 9.47 Å². The first kappa shape index (κ1) is 19.7. The number of hydrogen-bond acceptors (Lipinski definition) is 4. The Morgan fingerprint density at radius 2 is 1.38 bits per heavy atom. The molecule has 0 saturated carbocycles. The number of carbonyl (C=O) groups excluding carboxylic acids is 2. The van der Waals surface area contributed by atoms with Crippen molar-refractivity contribution in [3.8, 4) is 0 Å². The Morgan fingerprint density at radius 3 is 1.81 bits per heavy atom. The molecule has 4 nitrogen and oxygen atoms in total. The zero-order chi connectivity index (χ0) is 16.4. The summed E-state index contributed by atoms with van der Waals surface area (Å²) in [6.45, 7) is 12.3. The molecular formula is C17H30O4. The van der Waals surface area contributed by atoms with E-state index < -0.39 is 11.9 Å². The lowest BCUT2D eigenvalue weighted by molar-refractivity contribution is -0.143. The molecule has 21 heavy (non-hydrogen) atoms. The Balaban J connectivity index is 4.93. The standard InChI is InChI=1S/C17H30O4/c1-7-8-9-15(17(19)21-11-13(4)5)14(6)16(18)20-10-12(2)3/h12-13H,7-11H2,1-6H3. The summed E-state index contributed by atoms with van der Waals surface area (Å²) in [6, 6.07) is 0. The van der Waals surface area contributed by atoms with Crippen molar-refractivity contribution < 1.29 is 19.1 Å². The van der Waals surface area contributed by atoms with Crippen LogP contribution in [0.2, 0.25) is 0 Å². The van der Waals surface area contributed by atoms with Crippen LogP contribution in [0.4, 0.5) is 0 Å². The van der Waals surface area contributed by atoms with Gasteiger partial charge in [0.15, 0.2) is 0 Å². The molecule has 0 unspecified atom stereocenters. The van der Waals surface area contributed by atoms with E-state index in [0.29, 0.717) is 30.8 Å². The van der Waals surface area contributed by atoms with Gasteiger partial charge in [0.25, 0.3) is 0 Å². The van der Waals surface area contributed by atoms with Crippen LogP contribution in [0.1, 0.15) is 60.8 Å². The zero-order valence-corrected chi connectivity index (χ0v) is 14.3. The van der Waals surface area contributed by atoms with Crippen LogP contribution >= 0.6 is 0 Å². The number of esters is 2. The molecule has 0 bridgehead atoms. The van der Waals surface area contributed by atoms with Crippen molar-refractivity contribution in [1.82, 2.24) is 0 Å². The van der Waals surface area contributed by atoms with Gasteiger partial charge in [0.05, 0.1) is 13.2 Å². The maximum atomic E-state index is 12.1. The van der Waals surface area contributed by atoms with E-state index in [1.54, 1.807) is 6.92 Å². The van der Waals surface area contributed by atoms with Crippen LogP contribution in [0.15, 0.2) is 11.1 Å². The second-order valence-corrected chi connectivity index (χ2v) is 6.19. The Morgan fingerprint density at radius 1 is 0.905 bits per heavy atom. The second kappa shape index (κ2) is 10.4. The van der Waals surface area contributed by atoms with Gasteiger partial charge in [0, 0.05) is 11.1 Å². The van der Waals surface area contributed by atoms with Crippen LogP contribution in [0.3, 0.4) is 0 Å². The van der Waals surface area contributed by atoms with E-state index >= 15 is 0 Å². The van der Waals surface area contributed by atoms with Gasteiger partial charge in [-0.2, -0.15) is 0 Å². The summed E-state index contributed by atoms with van der Waals surface area (Å²) in [5, 5.41) is 0. The van der Waals surface area contributed by atoms with E-state index in [9.17, 15) is 9.59 Å². The van der Waals surface area contributed by atoms with Gasteiger partial charge in [-0.05, 0) is 31.6 Å². The largest absolute Gasteiger partial charge is 0.462 e. The molecule has 0 aromatic rings. The predicted molar refractivity (Wildman–Crippen MR) is 83.8 cm³/mol. The summed E-state index contributed by atoms with van der Waals surface area (Å²) in [5.41, 5.74) is 0.823. The molecular weight excluding hydrogens is 268 g/mol. The van der Waals surface area contributed by atoms with Crippen LogP contribution < -0.4 is 0 Å². The van der Waals surface area contributed by atoms with E-state index in [1.165, 1.54) is 0 Å². The molecule has 0 aliphatic rings. The molecule has 0 N–H and O–H groups in total. The fourth-order valence-corrected chi connectivity index (χ4v) is 1.60. The van der Waals surface area contributed by atoms with Crippen molar-refractivity contribution in [2.75, 3.05) is 13.2 Å². The molecule has 0 aliphatic heterocycles. The highest BCUT2D eigenvalue weighted by Crippen LogP contribution is 2.17. The van der Waals surface area contributed by atoms with Crippen LogP contribution in [0.5, 0.6) is 0 Å². The Kier molecular flexibility index (Phi) is 9.76. The van der Waals surface area contributed by atoms with Gasteiger partial charge in [0.2, 0.25) is 0 Å². The van der Waals surface area contributed by atoms with Gasteiger partial charge in [-0.1, -0.05) is 41.0 Å². The van der Waals surface area contributed by atoms with E-state index in [4.69, 9.17) is 9.47 Å². The molecule has 0 aliphatic carbocycles. The molecule has 0 aromatic heterocycles. The van der Waals surface area contributed by atoms with Crippen LogP contribution in [0, 0.1) is 11.8 Å². The van der Waals surface area contributed by atoms with E-state index in [2.05, 4.69) is 0 Å². The van der Waals surface area contributed by atoms with Crippen molar-refractivity contribution in [2.45, 2.75) is 60.8 Å². The summed E-state index contributed by atoms with van der Waals surface area (Å²) in [7, 11) is 0. The fraction of sp³-hybridized carbons (Fsp3) is 0.765. The SMILES string of the molecule is CCCCC(C(=O)OCC(C)C)=C(C)C(=O)OCC(C)C. The molecule has 0 rings (SSSR count). The van der Waals surface area contributed by atoms with Gasteiger partial charge in [-0.25, -0.2) is 9.59 Å². The van der Waals surface area contributed by atoms with Gasteiger partial charge in [-0.15, -0.1) is 0 Å². The molecule has 0 amide bonds. The molecule has 0 radical (unpaired) electrons. The lowest BCUT2D eigenvalue weighted by Gasteiger charge is -2.13. The highest BCUT2D eigenvalue weighted by molar-refractivity contribution is 5.99. The number of rotatable bonds is 9. The van der Waals surface area contributed by atoms with E-state index in [1.807, 2.05) is 34.6 Å². The van der Waals surface area contributed by atoms with Crippen molar-refractivity contribution in [2.24, 2.45) is 11.8 Å². The molecule has 0 atom stereocenters. The monoisotopic (exact) mass is 298 g/mol. The third-order valence-electron chi connectivity index (χ3n) is 2.88. The van der Waals surface area contributed by atoms with Crippen LogP contribution in [0.25, 0.3) is 0 Å². The van der Waals surface area contributed by atoms with E-state index in [-0.39, 0.29) is 11.8 Å². The van der Waals surface area contributed by atoms with Gasteiger partial charge in [0.1, 0.15) is 0 Å². The number of ether oxygens (including phenoxy) is 2. The minimum absolute atomic E-state index is 0.272. The summed E-state index contributed by atoms with van der Waals surface area (Å²) in [4.78, 5) is 24.2. The normalized spacial score (nSPS) is 12.4. The first-order chi connectivity index (χ1) is 9.79. The molecule has 0 aromatic carbocycles. The predicted octanol–water partition coefficient (Wildman–Crippen LogP) is 3.89. The zero-order valence-electron chi connectivity index (χ0n) is 14.3. The number of unbranched alkanes of at least 4 members (excludes halogenated alkanes) is 1. The molecule has 0 fully saturated rings. The average Bonchev–Trinajstić information content (AvgIpc) is 2.42. The fourth-order valence-electron chi connectivity index (χ4n) is 1.60. The quantitative estimate of drug-likeness (QED) is 0.478. The van der Waals surface area contributed by atoms with Crippen molar-refractivity contribution in [1.29, 1.82) is 0 Å². The van der Waals surface area contributed by atoms with Gasteiger partial charge >= 0.3 is 11.9 Å². The highest BCUT2D eigenvalue weighted by Gasteiger charge is 2.20. The minimum atomic E-state index is -0.420. The topological polar surface area (TPSA) is 52.6 Å². The van der Waals surface area contributed by atoms with Crippen LogP contribution in [-0.4, -0.2) is 25.2 Å². The molecule has 0 spiro atoms. The maximum absolute atomic E-state index is 12.1. The summed E-state index contributed by atoms with van der Waals surface area (Å²) >= 11 is 0. The third-order valence-corrected chi connectivity index (χ3v) is 2.88. The summed E-state index contributed by atoms with van der Waals surface area (Å²) in [6.07, 6.45) is 2.35. The summed E-state index contributed by atoms with van der Waals surface area (Å²) < 4.78 is 10.5. The second-order valence-electron chi connectivity index (χ2n) is 6.19. The first-order valence-electron chi connectivity index (χ1n) is 7.83. The van der Waals surface area contributed by atoms with Crippen molar-refractivity contribution >= 4 is 11.9 Å². The lowest BCUT2D eigenvalue weighted by atomic mass is 10.0. The van der Waals surface area contributed by atoms with Gasteiger partial charge in [-0.3, -0.25) is 0 Å². The molecule has 4 heteroatoms.